The summed E-state index contributed by atoms with van der Waals surface area (Å²) in [6.07, 6.45) is 5.24. The molecule has 0 spiro atoms. The Morgan fingerprint density at radius 3 is 2.77 bits per heavy atom. The molecule has 0 saturated carbocycles. The molecule has 3 rings (SSSR count). The first kappa shape index (κ1) is 22.2. The third-order valence-corrected chi connectivity index (χ3v) is 6.37. The summed E-state index contributed by atoms with van der Waals surface area (Å²) in [7, 11) is 0. The second kappa shape index (κ2) is 10.5. The summed E-state index contributed by atoms with van der Waals surface area (Å²) in [5, 5.41) is 9.91. The summed E-state index contributed by atoms with van der Waals surface area (Å²) in [6.45, 7) is 3.00. The maximum absolute atomic E-state index is 12.5. The molecule has 1 atom stereocenters. The number of carbonyl (C=O) groups excluding carboxylic acids is 1. The number of aliphatic carboxylic acids is 1. The van der Waals surface area contributed by atoms with Gasteiger partial charge in [-0.05, 0) is 62.1 Å². The number of rotatable bonds is 7. The Hall–Kier alpha value is -2.44. The van der Waals surface area contributed by atoms with Crippen molar-refractivity contribution in [1.82, 2.24) is 4.90 Å². The number of carboxylic acid groups (broad SMARTS) is 1. The molecular formula is C23H24ClNO4S. The number of amides is 1. The molecular weight excluding hydrogens is 422 g/mol. The van der Waals surface area contributed by atoms with Gasteiger partial charge in [-0.2, -0.15) is 0 Å². The molecule has 1 heterocycles. The lowest BCUT2D eigenvalue weighted by molar-refractivity contribution is -0.150. The van der Waals surface area contributed by atoms with Crippen LogP contribution in [0.4, 0.5) is 0 Å². The molecule has 1 amide bonds. The third kappa shape index (κ3) is 5.58. The zero-order valence-corrected chi connectivity index (χ0v) is 18.3. The first-order chi connectivity index (χ1) is 14.5. The van der Waals surface area contributed by atoms with Crippen LogP contribution in [0.3, 0.4) is 0 Å². The number of likely N-dealkylation sites (tertiary alicyclic amines) is 1. The molecule has 7 heteroatoms. The van der Waals surface area contributed by atoms with Gasteiger partial charge in [-0.15, -0.1) is 0 Å². The van der Waals surface area contributed by atoms with Crippen molar-refractivity contribution in [3.05, 3.63) is 59.1 Å². The molecule has 1 aliphatic heterocycles. The van der Waals surface area contributed by atoms with Crippen molar-refractivity contribution in [3.63, 3.8) is 0 Å². The number of para-hydroxylation sites is 1. The molecule has 1 unspecified atom stereocenters. The van der Waals surface area contributed by atoms with Gasteiger partial charge in [0.2, 0.25) is 5.91 Å². The van der Waals surface area contributed by atoms with E-state index in [1.54, 1.807) is 12.1 Å². The Balaban J connectivity index is 1.71. The molecule has 158 valence electrons. The fourth-order valence-electron chi connectivity index (χ4n) is 3.35. The second-order valence-corrected chi connectivity index (χ2v) is 8.38. The van der Waals surface area contributed by atoms with Crippen LogP contribution in [0.5, 0.6) is 5.75 Å². The summed E-state index contributed by atoms with van der Waals surface area (Å²) in [5.41, 5.74) is 0.777. The largest absolute Gasteiger partial charge is 0.493 e. The highest BCUT2D eigenvalue weighted by Crippen LogP contribution is 2.38. The number of nitrogens with zero attached hydrogens (tertiary/aromatic N) is 1. The molecule has 2 aromatic rings. The molecule has 2 aromatic carbocycles. The van der Waals surface area contributed by atoms with Gasteiger partial charge in [0.1, 0.15) is 11.8 Å². The third-order valence-electron chi connectivity index (χ3n) is 4.81. The van der Waals surface area contributed by atoms with Crippen LogP contribution >= 0.6 is 23.4 Å². The summed E-state index contributed by atoms with van der Waals surface area (Å²) in [4.78, 5) is 27.2. The summed E-state index contributed by atoms with van der Waals surface area (Å²) >= 11 is 7.99. The van der Waals surface area contributed by atoms with Crippen molar-refractivity contribution in [2.75, 3.05) is 13.2 Å². The molecule has 0 aliphatic carbocycles. The number of carboxylic acids is 1. The van der Waals surface area contributed by atoms with Gasteiger partial charge in [-0.1, -0.05) is 41.6 Å². The van der Waals surface area contributed by atoms with Crippen molar-refractivity contribution in [3.8, 4) is 5.75 Å². The summed E-state index contributed by atoms with van der Waals surface area (Å²) in [6, 6.07) is 12.6. The number of hydrogen-bond donors (Lipinski definition) is 1. The van der Waals surface area contributed by atoms with E-state index >= 15 is 0 Å². The van der Waals surface area contributed by atoms with E-state index < -0.39 is 12.0 Å². The lowest BCUT2D eigenvalue weighted by Crippen LogP contribution is -2.47. The zero-order valence-electron chi connectivity index (χ0n) is 16.7. The summed E-state index contributed by atoms with van der Waals surface area (Å²) in [5.74, 6) is -0.430. The Morgan fingerprint density at radius 2 is 2.03 bits per heavy atom. The SMILES string of the molecule is CCOc1ccccc1Sc1ccc(C=CC(=O)N2CCCCC2C(=O)O)cc1Cl. The highest BCUT2D eigenvalue weighted by molar-refractivity contribution is 7.99. The van der Waals surface area contributed by atoms with Crippen LogP contribution in [0.15, 0.2) is 58.3 Å². The smallest absolute Gasteiger partial charge is 0.326 e. The first-order valence-corrected chi connectivity index (χ1v) is 11.1. The van der Waals surface area contributed by atoms with Gasteiger partial charge >= 0.3 is 5.97 Å². The maximum atomic E-state index is 12.5. The zero-order chi connectivity index (χ0) is 21.5. The van der Waals surface area contributed by atoms with E-state index in [-0.39, 0.29) is 5.91 Å². The van der Waals surface area contributed by atoms with Gasteiger partial charge in [-0.25, -0.2) is 4.79 Å². The lowest BCUT2D eigenvalue weighted by atomic mass is 10.0. The molecule has 1 saturated heterocycles. The molecule has 1 aliphatic rings. The molecule has 30 heavy (non-hydrogen) atoms. The van der Waals surface area contributed by atoms with E-state index in [0.29, 0.717) is 24.6 Å². The minimum atomic E-state index is -0.951. The average Bonchev–Trinajstić information content (AvgIpc) is 2.75. The maximum Gasteiger partial charge on any atom is 0.326 e. The fraction of sp³-hybridized carbons (Fsp3) is 0.304. The molecule has 1 N–H and O–H groups in total. The Bertz CT molecular complexity index is 947. The fourth-order valence-corrected chi connectivity index (χ4v) is 4.55. The summed E-state index contributed by atoms with van der Waals surface area (Å²) < 4.78 is 5.66. The first-order valence-electron chi connectivity index (χ1n) is 9.90. The molecule has 5 nitrogen and oxygen atoms in total. The number of ether oxygens (including phenoxy) is 1. The number of carbonyl (C=O) groups is 2. The van der Waals surface area contributed by atoms with E-state index in [2.05, 4.69) is 0 Å². The number of benzene rings is 2. The highest BCUT2D eigenvalue weighted by Gasteiger charge is 2.30. The van der Waals surface area contributed by atoms with Crippen LogP contribution in [0.25, 0.3) is 6.08 Å². The highest BCUT2D eigenvalue weighted by atomic mass is 35.5. The number of halogens is 1. The van der Waals surface area contributed by atoms with E-state index in [4.69, 9.17) is 16.3 Å². The van der Waals surface area contributed by atoms with Gasteiger partial charge in [-0.3, -0.25) is 4.79 Å². The Labute approximate surface area is 185 Å². The van der Waals surface area contributed by atoms with E-state index in [1.807, 2.05) is 43.3 Å². The normalized spacial score (nSPS) is 16.6. The van der Waals surface area contributed by atoms with Crippen molar-refractivity contribution in [2.24, 2.45) is 0 Å². The van der Waals surface area contributed by atoms with Gasteiger partial charge in [0, 0.05) is 17.5 Å². The predicted molar refractivity (Wildman–Crippen MR) is 119 cm³/mol. The molecule has 0 radical (unpaired) electrons. The predicted octanol–water partition coefficient (Wildman–Crippen LogP) is 5.37. The molecule has 0 aromatic heterocycles. The molecule has 0 bridgehead atoms. The van der Waals surface area contributed by atoms with Crippen molar-refractivity contribution < 1.29 is 19.4 Å². The number of piperidine rings is 1. The van der Waals surface area contributed by atoms with E-state index in [0.717, 1.165) is 33.9 Å². The van der Waals surface area contributed by atoms with Crippen molar-refractivity contribution in [1.29, 1.82) is 0 Å². The van der Waals surface area contributed by atoms with Crippen LogP contribution in [0.1, 0.15) is 31.7 Å². The Kier molecular flexibility index (Phi) is 7.82. The van der Waals surface area contributed by atoms with E-state index in [1.165, 1.54) is 22.7 Å². The number of hydrogen-bond acceptors (Lipinski definition) is 4. The lowest BCUT2D eigenvalue weighted by Gasteiger charge is -2.32. The quantitative estimate of drug-likeness (QED) is 0.580. The average molecular weight is 446 g/mol. The van der Waals surface area contributed by atoms with Gasteiger partial charge < -0.3 is 14.7 Å². The standard InChI is InChI=1S/C23H24ClNO4S/c1-2-29-19-8-3-4-9-21(19)30-20-12-10-16(15-17(20)24)11-13-22(26)25-14-6-5-7-18(25)23(27)28/h3-4,8-13,15,18H,2,5-7,14H2,1H3,(H,27,28). The van der Waals surface area contributed by atoms with Crippen LogP contribution in [-0.2, 0) is 9.59 Å². The van der Waals surface area contributed by atoms with Gasteiger partial charge in [0.15, 0.2) is 0 Å². The van der Waals surface area contributed by atoms with Gasteiger partial charge in [0.25, 0.3) is 0 Å². The van der Waals surface area contributed by atoms with Crippen LogP contribution in [0.2, 0.25) is 5.02 Å². The van der Waals surface area contributed by atoms with E-state index in [9.17, 15) is 14.7 Å². The van der Waals surface area contributed by atoms with Crippen molar-refractivity contribution in [2.45, 2.75) is 42.0 Å². The monoisotopic (exact) mass is 445 g/mol. The minimum absolute atomic E-state index is 0.290. The van der Waals surface area contributed by atoms with Gasteiger partial charge in [0.05, 0.1) is 16.5 Å². The second-order valence-electron chi connectivity index (χ2n) is 6.89. The van der Waals surface area contributed by atoms with Crippen molar-refractivity contribution >= 4 is 41.3 Å². The minimum Gasteiger partial charge on any atom is -0.493 e. The Morgan fingerprint density at radius 1 is 1.23 bits per heavy atom. The van der Waals surface area contributed by atoms with Crippen LogP contribution in [-0.4, -0.2) is 41.1 Å². The van der Waals surface area contributed by atoms with Crippen LogP contribution < -0.4 is 4.74 Å². The van der Waals surface area contributed by atoms with Crippen LogP contribution in [0, 0.1) is 0 Å². The topological polar surface area (TPSA) is 66.8 Å². The molecule has 1 fully saturated rings.